The van der Waals surface area contributed by atoms with Crippen LogP contribution in [0.1, 0.15) is 40.3 Å². The first-order valence-corrected chi connectivity index (χ1v) is 11.9. The third kappa shape index (κ3) is 5.80. The molecule has 36 heavy (non-hydrogen) atoms. The zero-order valence-electron chi connectivity index (χ0n) is 21.7. The molecule has 1 amide bonds. The van der Waals surface area contributed by atoms with Crippen LogP contribution in [-0.4, -0.2) is 62.6 Å². The molecular formula is C27H33N7O2. The Hall–Kier alpha value is -3.98. The van der Waals surface area contributed by atoms with Gasteiger partial charge in [-0.3, -0.25) is 9.48 Å². The Balaban J connectivity index is 1.60. The van der Waals surface area contributed by atoms with Crippen LogP contribution in [0, 0.1) is 13.8 Å². The number of nitrogens with one attached hydrogen (secondary N) is 1. The summed E-state index contributed by atoms with van der Waals surface area (Å²) < 4.78 is 9.40. The molecule has 0 radical (unpaired) electrons. The Morgan fingerprint density at radius 1 is 1.11 bits per heavy atom. The lowest BCUT2D eigenvalue weighted by molar-refractivity contribution is 0.0938. The molecule has 0 bridgehead atoms. The standard InChI is InChI=1S/C27H33N7O2/c1-18-7-8-25(36-10-9-32(4)5)14-26(18)27(35)31-19(2)21-11-22(23-15-29-33(6)16-23)13-24(12-21)34-20(3)28-17-30-34/h7-8,11-17,19H,9-10H2,1-6H3,(H,31,35)/t19-/m1/s1. The Morgan fingerprint density at radius 2 is 1.92 bits per heavy atom. The van der Waals surface area contributed by atoms with Crippen molar-refractivity contribution in [3.8, 4) is 22.6 Å². The van der Waals surface area contributed by atoms with E-state index in [-0.39, 0.29) is 11.9 Å². The first-order valence-electron chi connectivity index (χ1n) is 11.9. The van der Waals surface area contributed by atoms with Crippen molar-refractivity contribution in [2.75, 3.05) is 27.2 Å². The van der Waals surface area contributed by atoms with Gasteiger partial charge in [-0.25, -0.2) is 9.67 Å². The van der Waals surface area contributed by atoms with E-state index in [1.807, 2.05) is 78.6 Å². The number of likely N-dealkylation sites (N-methyl/N-ethyl adjacent to an activating group) is 1. The lowest BCUT2D eigenvalue weighted by atomic mass is 10.00. The van der Waals surface area contributed by atoms with E-state index >= 15 is 0 Å². The molecule has 9 nitrogen and oxygen atoms in total. The second-order valence-corrected chi connectivity index (χ2v) is 9.26. The molecule has 0 fully saturated rings. The highest BCUT2D eigenvalue weighted by atomic mass is 16.5. The van der Waals surface area contributed by atoms with E-state index in [0.717, 1.165) is 40.3 Å². The smallest absolute Gasteiger partial charge is 0.252 e. The zero-order chi connectivity index (χ0) is 25.8. The summed E-state index contributed by atoms with van der Waals surface area (Å²) >= 11 is 0. The summed E-state index contributed by atoms with van der Waals surface area (Å²) in [6.45, 7) is 7.17. The van der Waals surface area contributed by atoms with Crippen LogP contribution in [0.2, 0.25) is 0 Å². The topological polar surface area (TPSA) is 90.1 Å². The fraction of sp³-hybridized carbons (Fsp3) is 0.333. The first kappa shape index (κ1) is 25.1. The van der Waals surface area contributed by atoms with Crippen molar-refractivity contribution in [2.24, 2.45) is 7.05 Å². The highest BCUT2D eigenvalue weighted by molar-refractivity contribution is 5.96. The van der Waals surface area contributed by atoms with E-state index in [4.69, 9.17) is 4.74 Å². The summed E-state index contributed by atoms with van der Waals surface area (Å²) in [6, 6.07) is 11.5. The minimum atomic E-state index is -0.255. The fourth-order valence-electron chi connectivity index (χ4n) is 3.94. The lowest BCUT2D eigenvalue weighted by Crippen LogP contribution is -2.27. The number of aryl methyl sites for hydroxylation is 3. The summed E-state index contributed by atoms with van der Waals surface area (Å²) in [5, 5.41) is 11.8. The number of amides is 1. The molecule has 2 aromatic heterocycles. The molecule has 4 aromatic rings. The molecule has 0 unspecified atom stereocenters. The molecule has 188 valence electrons. The van der Waals surface area contributed by atoms with E-state index in [9.17, 15) is 4.79 Å². The summed E-state index contributed by atoms with van der Waals surface area (Å²) in [5.41, 5.74) is 5.28. The van der Waals surface area contributed by atoms with Crippen molar-refractivity contribution < 1.29 is 9.53 Å². The van der Waals surface area contributed by atoms with E-state index in [0.29, 0.717) is 17.9 Å². The number of hydrogen-bond acceptors (Lipinski definition) is 6. The van der Waals surface area contributed by atoms with Gasteiger partial charge in [-0.1, -0.05) is 6.07 Å². The summed E-state index contributed by atoms with van der Waals surface area (Å²) in [6.07, 6.45) is 5.32. The van der Waals surface area contributed by atoms with Gasteiger partial charge in [-0.05, 0) is 81.9 Å². The molecule has 0 aliphatic heterocycles. The van der Waals surface area contributed by atoms with Gasteiger partial charge in [-0.2, -0.15) is 10.2 Å². The quantitative estimate of drug-likeness (QED) is 0.387. The van der Waals surface area contributed by atoms with Gasteiger partial charge in [0.15, 0.2) is 0 Å². The van der Waals surface area contributed by atoms with Crippen LogP contribution in [-0.2, 0) is 7.05 Å². The number of rotatable bonds is 9. The number of carbonyl (C=O) groups is 1. The van der Waals surface area contributed by atoms with Crippen LogP contribution in [0.25, 0.3) is 16.8 Å². The maximum Gasteiger partial charge on any atom is 0.252 e. The first-order chi connectivity index (χ1) is 17.2. The highest BCUT2D eigenvalue weighted by Gasteiger charge is 2.17. The SMILES string of the molecule is Cc1ccc(OCCN(C)C)cc1C(=O)N[C@H](C)c1cc(-c2cnn(C)c2)cc(-n2ncnc2C)c1. The number of aromatic nitrogens is 5. The molecule has 9 heteroatoms. The molecule has 4 rings (SSSR count). The summed E-state index contributed by atoms with van der Waals surface area (Å²) in [5.74, 6) is 1.31. The number of carbonyl (C=O) groups excluding carboxylic acids is 1. The second kappa shape index (κ2) is 10.7. The molecule has 1 atom stereocenters. The number of benzene rings is 2. The van der Waals surface area contributed by atoms with Crippen LogP contribution < -0.4 is 10.1 Å². The third-order valence-corrected chi connectivity index (χ3v) is 6.05. The Morgan fingerprint density at radius 3 is 2.58 bits per heavy atom. The minimum Gasteiger partial charge on any atom is -0.492 e. The van der Waals surface area contributed by atoms with Gasteiger partial charge >= 0.3 is 0 Å². The molecule has 0 aliphatic carbocycles. The summed E-state index contributed by atoms with van der Waals surface area (Å²) in [7, 11) is 5.88. The van der Waals surface area contributed by atoms with E-state index < -0.39 is 0 Å². The Kier molecular flexibility index (Phi) is 7.49. The van der Waals surface area contributed by atoms with Crippen LogP contribution in [0.3, 0.4) is 0 Å². The normalized spacial score (nSPS) is 12.1. The van der Waals surface area contributed by atoms with Crippen LogP contribution in [0.4, 0.5) is 0 Å². The van der Waals surface area contributed by atoms with Crippen molar-refractivity contribution in [3.05, 3.63) is 77.6 Å². The molecule has 0 saturated heterocycles. The van der Waals surface area contributed by atoms with Gasteiger partial charge in [0.05, 0.1) is 17.9 Å². The lowest BCUT2D eigenvalue weighted by Gasteiger charge is -2.18. The molecule has 1 N–H and O–H groups in total. The molecule has 0 spiro atoms. The van der Waals surface area contributed by atoms with Crippen molar-refractivity contribution in [1.82, 2.24) is 34.8 Å². The van der Waals surface area contributed by atoms with Crippen molar-refractivity contribution >= 4 is 5.91 Å². The third-order valence-electron chi connectivity index (χ3n) is 6.05. The molecule has 0 aliphatic rings. The average Bonchev–Trinajstić information content (AvgIpc) is 3.47. The maximum absolute atomic E-state index is 13.3. The van der Waals surface area contributed by atoms with Gasteiger partial charge in [0.1, 0.15) is 24.5 Å². The Labute approximate surface area is 211 Å². The highest BCUT2D eigenvalue weighted by Crippen LogP contribution is 2.28. The monoisotopic (exact) mass is 487 g/mol. The van der Waals surface area contributed by atoms with Crippen molar-refractivity contribution in [1.29, 1.82) is 0 Å². The number of nitrogens with zero attached hydrogens (tertiary/aromatic N) is 6. The largest absolute Gasteiger partial charge is 0.492 e. The predicted molar refractivity (Wildman–Crippen MR) is 139 cm³/mol. The summed E-state index contributed by atoms with van der Waals surface area (Å²) in [4.78, 5) is 19.6. The van der Waals surface area contributed by atoms with E-state index in [2.05, 4.69) is 37.5 Å². The van der Waals surface area contributed by atoms with Crippen LogP contribution in [0.15, 0.2) is 55.1 Å². The van der Waals surface area contributed by atoms with Gasteiger partial charge in [0, 0.05) is 30.9 Å². The predicted octanol–water partition coefficient (Wildman–Crippen LogP) is 3.72. The van der Waals surface area contributed by atoms with Crippen LogP contribution in [0.5, 0.6) is 5.75 Å². The zero-order valence-corrected chi connectivity index (χ0v) is 21.7. The Bertz CT molecular complexity index is 1360. The number of hydrogen-bond donors (Lipinski definition) is 1. The molecule has 2 aromatic carbocycles. The molecular weight excluding hydrogens is 454 g/mol. The van der Waals surface area contributed by atoms with Gasteiger partial charge in [0.25, 0.3) is 5.91 Å². The van der Waals surface area contributed by atoms with Gasteiger partial charge in [-0.15, -0.1) is 0 Å². The van der Waals surface area contributed by atoms with E-state index in [1.54, 1.807) is 9.36 Å². The van der Waals surface area contributed by atoms with Gasteiger partial charge in [0.2, 0.25) is 0 Å². The number of ether oxygens (including phenoxy) is 1. The maximum atomic E-state index is 13.3. The van der Waals surface area contributed by atoms with Crippen LogP contribution >= 0.6 is 0 Å². The van der Waals surface area contributed by atoms with Crippen molar-refractivity contribution in [2.45, 2.75) is 26.8 Å². The average molecular weight is 488 g/mol. The van der Waals surface area contributed by atoms with E-state index in [1.165, 1.54) is 6.33 Å². The van der Waals surface area contributed by atoms with Crippen molar-refractivity contribution in [3.63, 3.8) is 0 Å². The molecule has 0 saturated carbocycles. The molecule has 2 heterocycles. The fourth-order valence-corrected chi connectivity index (χ4v) is 3.94. The second-order valence-electron chi connectivity index (χ2n) is 9.26. The minimum absolute atomic E-state index is 0.150. The van der Waals surface area contributed by atoms with Gasteiger partial charge < -0.3 is 15.0 Å².